The molecule has 1 saturated heterocycles. The number of piperidine rings is 1. The van der Waals surface area contributed by atoms with Crippen molar-refractivity contribution in [2.75, 3.05) is 29.0 Å². The molecular weight excluding hydrogens is 564 g/mol. The van der Waals surface area contributed by atoms with Crippen LogP contribution in [-0.4, -0.2) is 24.0 Å². The molecule has 0 bridgehead atoms. The van der Waals surface area contributed by atoms with Crippen molar-refractivity contribution in [2.24, 2.45) is 0 Å². The predicted octanol–water partition coefficient (Wildman–Crippen LogP) is 8.78. The quantitative estimate of drug-likeness (QED) is 0.164. The highest BCUT2D eigenvalue weighted by atomic mass is 16.1. The van der Waals surface area contributed by atoms with E-state index < -0.39 is 0 Å². The van der Waals surface area contributed by atoms with Crippen LogP contribution < -0.4 is 16.0 Å². The lowest BCUT2D eigenvalue weighted by molar-refractivity contribution is 0.102. The summed E-state index contributed by atoms with van der Waals surface area (Å²) in [5.74, 6) is 0.848. The molecule has 5 aromatic rings. The summed E-state index contributed by atoms with van der Waals surface area (Å²) < 4.78 is 0. The van der Waals surface area contributed by atoms with E-state index in [1.165, 1.54) is 41.5 Å². The highest BCUT2D eigenvalue weighted by Crippen LogP contribution is 2.21. The molecule has 2 heterocycles. The summed E-state index contributed by atoms with van der Waals surface area (Å²) in [4.78, 5) is 19.6. The van der Waals surface area contributed by atoms with E-state index >= 15 is 0 Å². The molecule has 0 unspecified atom stereocenters. The van der Waals surface area contributed by atoms with E-state index in [0.717, 1.165) is 67.1 Å². The first-order valence-electron chi connectivity index (χ1n) is 16.5. The summed E-state index contributed by atoms with van der Waals surface area (Å²) in [5, 5.41) is 3.07. The number of benzene rings is 4. The molecule has 1 aliphatic rings. The second-order valence-corrected chi connectivity index (χ2v) is 12.2. The number of hydrogen-bond donors (Lipinski definition) is 2. The fourth-order valence-electron chi connectivity index (χ4n) is 5.70. The van der Waals surface area contributed by atoms with E-state index in [0.29, 0.717) is 5.56 Å². The molecule has 1 amide bonds. The smallest absolute Gasteiger partial charge is 0.257 e. The number of nitrogens with two attached hydrogens (primary N) is 1. The number of nitrogen functional groups attached to an aromatic ring is 1. The van der Waals surface area contributed by atoms with E-state index in [1.54, 1.807) is 6.20 Å². The van der Waals surface area contributed by atoms with E-state index in [4.69, 9.17) is 5.73 Å². The Labute approximate surface area is 274 Å². The van der Waals surface area contributed by atoms with E-state index in [2.05, 4.69) is 100 Å². The molecule has 46 heavy (non-hydrogen) atoms. The molecule has 5 heteroatoms. The molecular formula is C41H46N4O. The van der Waals surface area contributed by atoms with Gasteiger partial charge < -0.3 is 16.0 Å². The van der Waals surface area contributed by atoms with Crippen molar-refractivity contribution in [1.82, 2.24) is 4.98 Å². The topological polar surface area (TPSA) is 71.2 Å². The van der Waals surface area contributed by atoms with Gasteiger partial charge in [0, 0.05) is 30.7 Å². The molecule has 0 spiro atoms. The lowest BCUT2D eigenvalue weighted by Crippen LogP contribution is -2.30. The standard InChI is InChI=1S/C26H29N3O.C15H17N/c1-20-10-11-22(13-12-21-8-4-2-5-9-21)18-24(20)28-26(30)23-14-15-25(27-19-23)29-16-6-3-7-17-29;1-12-7-8-14(11-15(12)16)10-9-13-5-3-2-4-6-13/h2,4-5,8-11,14-15,18-19H,3,6-7,12-13,16-17H2,1H3,(H,28,30);2-8,11H,9-10,16H2,1H3. The van der Waals surface area contributed by atoms with Crippen molar-refractivity contribution in [3.05, 3.63) is 154 Å². The first kappa shape index (κ1) is 32.5. The lowest BCUT2D eigenvalue weighted by Gasteiger charge is -2.27. The van der Waals surface area contributed by atoms with Crippen molar-refractivity contribution < 1.29 is 4.79 Å². The highest BCUT2D eigenvalue weighted by Gasteiger charge is 2.14. The maximum atomic E-state index is 12.8. The summed E-state index contributed by atoms with van der Waals surface area (Å²) in [6.07, 6.45) is 9.46. The van der Waals surface area contributed by atoms with Crippen molar-refractivity contribution in [2.45, 2.75) is 58.8 Å². The monoisotopic (exact) mass is 610 g/mol. The number of hydrogen-bond acceptors (Lipinski definition) is 4. The summed E-state index contributed by atoms with van der Waals surface area (Å²) in [5.41, 5.74) is 15.7. The molecule has 1 aromatic heterocycles. The normalized spacial score (nSPS) is 12.6. The van der Waals surface area contributed by atoms with Crippen LogP contribution >= 0.6 is 0 Å². The van der Waals surface area contributed by atoms with Gasteiger partial charge in [0.05, 0.1) is 5.56 Å². The minimum Gasteiger partial charge on any atom is -0.399 e. The lowest BCUT2D eigenvalue weighted by atomic mass is 10.0. The maximum Gasteiger partial charge on any atom is 0.257 e. The Kier molecular flexibility index (Phi) is 11.6. The zero-order valence-electron chi connectivity index (χ0n) is 27.2. The summed E-state index contributed by atoms with van der Waals surface area (Å²) in [7, 11) is 0. The van der Waals surface area contributed by atoms with Crippen molar-refractivity contribution in [1.29, 1.82) is 0 Å². The van der Waals surface area contributed by atoms with Gasteiger partial charge in [-0.05, 0) is 116 Å². The molecule has 5 nitrogen and oxygen atoms in total. The Morgan fingerprint density at radius 1 is 0.674 bits per heavy atom. The molecule has 3 N–H and O–H groups in total. The van der Waals surface area contributed by atoms with Crippen LogP contribution in [0.1, 0.15) is 63.0 Å². The second-order valence-electron chi connectivity index (χ2n) is 12.2. The Morgan fingerprint density at radius 3 is 1.80 bits per heavy atom. The minimum absolute atomic E-state index is 0.115. The van der Waals surface area contributed by atoms with Crippen LogP contribution in [-0.2, 0) is 25.7 Å². The SMILES string of the molecule is Cc1ccc(CCc2ccccc2)cc1N.Cc1ccc(CCc2ccccc2)cc1NC(=O)c1ccc(N2CCCCC2)nc1. The zero-order valence-corrected chi connectivity index (χ0v) is 27.2. The van der Waals surface area contributed by atoms with Crippen LogP contribution in [0.4, 0.5) is 17.2 Å². The fourth-order valence-corrected chi connectivity index (χ4v) is 5.70. The van der Waals surface area contributed by atoms with Gasteiger partial charge in [-0.25, -0.2) is 4.98 Å². The Hall–Kier alpha value is -4.90. The molecule has 0 radical (unpaired) electrons. The van der Waals surface area contributed by atoms with Gasteiger partial charge in [-0.3, -0.25) is 4.79 Å². The number of carbonyl (C=O) groups is 1. The Bertz CT molecular complexity index is 1680. The average molecular weight is 611 g/mol. The van der Waals surface area contributed by atoms with Crippen LogP contribution in [0.5, 0.6) is 0 Å². The molecule has 0 saturated carbocycles. The number of amides is 1. The van der Waals surface area contributed by atoms with Gasteiger partial charge in [-0.15, -0.1) is 0 Å². The van der Waals surface area contributed by atoms with Crippen LogP contribution in [0, 0.1) is 13.8 Å². The number of nitrogens with zero attached hydrogens (tertiary/aromatic N) is 2. The third-order valence-electron chi connectivity index (χ3n) is 8.67. The van der Waals surface area contributed by atoms with Crippen LogP contribution in [0.3, 0.4) is 0 Å². The van der Waals surface area contributed by atoms with Crippen molar-refractivity contribution >= 4 is 23.1 Å². The van der Waals surface area contributed by atoms with Gasteiger partial charge in [0.25, 0.3) is 5.91 Å². The first-order chi connectivity index (χ1) is 22.4. The molecule has 236 valence electrons. The van der Waals surface area contributed by atoms with Gasteiger partial charge >= 0.3 is 0 Å². The third kappa shape index (κ3) is 9.55. The molecule has 6 rings (SSSR count). The molecule has 1 fully saturated rings. The third-order valence-corrected chi connectivity index (χ3v) is 8.67. The summed E-state index contributed by atoms with van der Waals surface area (Å²) in [6, 6.07) is 37.5. The fraction of sp³-hybridized carbons (Fsp3) is 0.268. The largest absolute Gasteiger partial charge is 0.399 e. The van der Waals surface area contributed by atoms with Crippen molar-refractivity contribution in [3.63, 3.8) is 0 Å². The number of aromatic nitrogens is 1. The van der Waals surface area contributed by atoms with E-state index in [1.807, 2.05) is 38.1 Å². The maximum absolute atomic E-state index is 12.8. The van der Waals surface area contributed by atoms with E-state index in [-0.39, 0.29) is 5.91 Å². The number of anilines is 3. The Morgan fingerprint density at radius 2 is 1.24 bits per heavy atom. The highest BCUT2D eigenvalue weighted by molar-refractivity contribution is 6.04. The van der Waals surface area contributed by atoms with E-state index in [9.17, 15) is 4.79 Å². The van der Waals surface area contributed by atoms with Crippen LogP contribution in [0.2, 0.25) is 0 Å². The molecule has 1 aliphatic heterocycles. The van der Waals surface area contributed by atoms with Gasteiger partial charge in [0.2, 0.25) is 0 Å². The summed E-state index contributed by atoms with van der Waals surface area (Å²) >= 11 is 0. The molecule has 4 aromatic carbocycles. The zero-order chi connectivity index (χ0) is 32.1. The number of aryl methyl sites for hydroxylation is 6. The van der Waals surface area contributed by atoms with Crippen molar-refractivity contribution in [3.8, 4) is 0 Å². The molecule has 0 atom stereocenters. The molecule has 0 aliphatic carbocycles. The minimum atomic E-state index is -0.115. The average Bonchev–Trinajstić information content (AvgIpc) is 3.11. The predicted molar refractivity (Wildman–Crippen MR) is 193 cm³/mol. The summed E-state index contributed by atoms with van der Waals surface area (Å²) in [6.45, 7) is 6.16. The van der Waals surface area contributed by atoms with Gasteiger partial charge in [0.1, 0.15) is 5.82 Å². The number of rotatable bonds is 9. The number of carbonyl (C=O) groups excluding carboxylic acids is 1. The van der Waals surface area contributed by atoms with Crippen LogP contribution in [0.25, 0.3) is 0 Å². The van der Waals surface area contributed by atoms with Gasteiger partial charge in [-0.2, -0.15) is 0 Å². The van der Waals surface area contributed by atoms with Gasteiger partial charge in [0.15, 0.2) is 0 Å². The number of nitrogens with one attached hydrogen (secondary N) is 1. The van der Waals surface area contributed by atoms with Crippen LogP contribution in [0.15, 0.2) is 115 Å². The second kappa shape index (κ2) is 16.4. The van der Waals surface area contributed by atoms with Gasteiger partial charge in [-0.1, -0.05) is 84.9 Å². The number of pyridine rings is 1. The Balaban J connectivity index is 0.000000219. The first-order valence-corrected chi connectivity index (χ1v) is 16.5.